The fourth-order valence-electron chi connectivity index (χ4n) is 3.75. The van der Waals surface area contributed by atoms with E-state index in [1.807, 2.05) is 13.8 Å². The van der Waals surface area contributed by atoms with Gasteiger partial charge in [0.15, 0.2) is 0 Å². The first-order chi connectivity index (χ1) is 16.7. The predicted octanol–water partition coefficient (Wildman–Crippen LogP) is 4.08. The minimum absolute atomic E-state index is 0.186. The van der Waals surface area contributed by atoms with Crippen LogP contribution >= 0.6 is 0 Å². The quantitative estimate of drug-likeness (QED) is 0.405. The average Bonchev–Trinajstić information content (AvgIpc) is 3.06. The highest BCUT2D eigenvalue weighted by Crippen LogP contribution is 2.29. The van der Waals surface area contributed by atoms with Crippen LogP contribution < -0.4 is 15.0 Å². The first kappa shape index (κ1) is 25.7. The summed E-state index contributed by atoms with van der Waals surface area (Å²) in [6.07, 6.45) is 0.512. The molecule has 1 atom stereocenters. The molecule has 35 heavy (non-hydrogen) atoms. The Labute approximate surface area is 205 Å². The normalized spacial score (nSPS) is 15.5. The second-order valence-corrected chi connectivity index (χ2v) is 8.60. The van der Waals surface area contributed by atoms with Gasteiger partial charge in [-0.05, 0) is 67.8 Å². The van der Waals surface area contributed by atoms with E-state index in [2.05, 4.69) is 5.32 Å². The molecule has 4 amide bonds. The number of methoxy groups -OCH3 is 1. The van der Waals surface area contributed by atoms with E-state index in [4.69, 9.17) is 9.47 Å². The Morgan fingerprint density at radius 3 is 2.26 bits per heavy atom. The van der Waals surface area contributed by atoms with Crippen LogP contribution in [0.2, 0.25) is 0 Å². The number of nitrogens with one attached hydrogen (secondary N) is 1. The van der Waals surface area contributed by atoms with Crippen molar-refractivity contribution in [1.29, 1.82) is 0 Å². The number of hydrogen-bond acceptors (Lipinski definition) is 6. The molecule has 3 rings (SSSR count). The van der Waals surface area contributed by atoms with E-state index in [0.29, 0.717) is 41.6 Å². The Kier molecular flexibility index (Phi) is 8.46. The predicted molar refractivity (Wildman–Crippen MR) is 131 cm³/mol. The minimum Gasteiger partial charge on any atom is -0.497 e. The lowest BCUT2D eigenvalue weighted by Crippen LogP contribution is -2.39. The number of esters is 1. The smallest absolute Gasteiger partial charge is 0.338 e. The van der Waals surface area contributed by atoms with E-state index < -0.39 is 29.9 Å². The van der Waals surface area contributed by atoms with Gasteiger partial charge in [0.2, 0.25) is 5.91 Å². The Morgan fingerprint density at radius 1 is 1.03 bits per heavy atom. The molecule has 9 heteroatoms. The van der Waals surface area contributed by atoms with E-state index >= 15 is 0 Å². The monoisotopic (exact) mass is 481 g/mol. The van der Waals surface area contributed by atoms with Gasteiger partial charge in [-0.2, -0.15) is 0 Å². The lowest BCUT2D eigenvalue weighted by atomic mass is 10.1. The molecule has 1 N–H and O–H groups in total. The maximum Gasteiger partial charge on any atom is 0.338 e. The molecule has 1 aliphatic rings. The van der Waals surface area contributed by atoms with Gasteiger partial charge in [0.1, 0.15) is 11.8 Å². The number of rotatable bonds is 10. The zero-order valence-corrected chi connectivity index (χ0v) is 20.4. The molecule has 0 bridgehead atoms. The van der Waals surface area contributed by atoms with Crippen molar-refractivity contribution in [2.24, 2.45) is 5.92 Å². The molecule has 2 aromatic rings. The van der Waals surface area contributed by atoms with Crippen molar-refractivity contribution < 1.29 is 28.7 Å². The molecule has 0 radical (unpaired) electrons. The number of carbonyl (C=O) groups excluding carboxylic acids is 4. The van der Waals surface area contributed by atoms with E-state index in [9.17, 15) is 19.2 Å². The third-order valence-corrected chi connectivity index (χ3v) is 5.66. The van der Waals surface area contributed by atoms with Crippen LogP contribution in [-0.2, 0) is 14.3 Å². The van der Waals surface area contributed by atoms with Crippen molar-refractivity contribution >= 4 is 35.2 Å². The van der Waals surface area contributed by atoms with Gasteiger partial charge in [0, 0.05) is 12.2 Å². The van der Waals surface area contributed by atoms with Gasteiger partial charge < -0.3 is 19.7 Å². The summed E-state index contributed by atoms with van der Waals surface area (Å²) < 4.78 is 10.1. The van der Waals surface area contributed by atoms with Gasteiger partial charge >= 0.3 is 12.0 Å². The summed E-state index contributed by atoms with van der Waals surface area (Å²) in [6, 6.07) is 11.6. The van der Waals surface area contributed by atoms with E-state index in [0.717, 1.165) is 4.90 Å². The summed E-state index contributed by atoms with van der Waals surface area (Å²) in [4.78, 5) is 53.7. The van der Waals surface area contributed by atoms with Crippen molar-refractivity contribution in [3.05, 3.63) is 54.1 Å². The van der Waals surface area contributed by atoms with Gasteiger partial charge in [0.25, 0.3) is 5.91 Å². The summed E-state index contributed by atoms with van der Waals surface area (Å²) in [5.41, 5.74) is 1.27. The molecule has 0 aliphatic carbocycles. The fourth-order valence-corrected chi connectivity index (χ4v) is 3.75. The van der Waals surface area contributed by atoms with Gasteiger partial charge in [-0.25, -0.2) is 14.5 Å². The number of carbonyl (C=O) groups is 4. The highest BCUT2D eigenvalue weighted by Gasteiger charge is 2.46. The van der Waals surface area contributed by atoms with Crippen LogP contribution in [0.5, 0.6) is 5.75 Å². The van der Waals surface area contributed by atoms with Gasteiger partial charge in [-0.3, -0.25) is 9.59 Å². The van der Waals surface area contributed by atoms with Gasteiger partial charge in [0.05, 0.1) is 31.4 Å². The molecule has 1 aliphatic heterocycles. The van der Waals surface area contributed by atoms with Crippen LogP contribution in [0, 0.1) is 5.92 Å². The standard InChI is InChI=1S/C26H31N3O6/c1-5-35-25(32)18-6-8-19(9-7-18)27-23(30)16-22-24(31)29(20-10-12-21(34-4)13-11-20)26(33)28(22)15-14-17(2)3/h6-13,17,22H,5,14-16H2,1-4H3,(H,27,30)/t22-/m0/s1. The number of anilines is 2. The zero-order chi connectivity index (χ0) is 25.5. The van der Waals surface area contributed by atoms with Crippen LogP contribution in [0.15, 0.2) is 48.5 Å². The lowest BCUT2D eigenvalue weighted by molar-refractivity contribution is -0.124. The Bertz CT molecular complexity index is 1070. The van der Waals surface area contributed by atoms with E-state index in [1.165, 1.54) is 12.0 Å². The molecule has 0 unspecified atom stereocenters. The highest BCUT2D eigenvalue weighted by molar-refractivity contribution is 6.22. The Morgan fingerprint density at radius 2 is 1.69 bits per heavy atom. The third kappa shape index (κ3) is 6.17. The van der Waals surface area contributed by atoms with Crippen molar-refractivity contribution in [3.63, 3.8) is 0 Å². The summed E-state index contributed by atoms with van der Waals surface area (Å²) in [5.74, 6) is -0.377. The number of urea groups is 1. The van der Waals surface area contributed by atoms with E-state index in [1.54, 1.807) is 55.5 Å². The van der Waals surface area contributed by atoms with Crippen LogP contribution in [0.1, 0.15) is 44.0 Å². The minimum atomic E-state index is -0.915. The molecule has 0 aromatic heterocycles. The Balaban J connectivity index is 1.75. The van der Waals surface area contributed by atoms with Gasteiger partial charge in [-0.15, -0.1) is 0 Å². The van der Waals surface area contributed by atoms with Crippen LogP contribution in [0.3, 0.4) is 0 Å². The molecule has 1 fully saturated rings. The van der Waals surface area contributed by atoms with Crippen molar-refractivity contribution in [2.75, 3.05) is 30.5 Å². The first-order valence-electron chi connectivity index (χ1n) is 11.6. The Hall–Kier alpha value is -3.88. The molecular weight excluding hydrogens is 450 g/mol. The van der Waals surface area contributed by atoms with Crippen LogP contribution in [-0.4, -0.2) is 55.0 Å². The second kappa shape index (κ2) is 11.5. The third-order valence-electron chi connectivity index (χ3n) is 5.66. The van der Waals surface area contributed by atoms with E-state index in [-0.39, 0.29) is 13.0 Å². The van der Waals surface area contributed by atoms with Crippen molar-refractivity contribution in [1.82, 2.24) is 4.90 Å². The number of nitrogens with zero attached hydrogens (tertiary/aromatic N) is 2. The fraction of sp³-hybridized carbons (Fsp3) is 0.385. The largest absolute Gasteiger partial charge is 0.497 e. The zero-order valence-electron chi connectivity index (χ0n) is 20.4. The maximum atomic E-state index is 13.3. The molecule has 1 saturated heterocycles. The summed E-state index contributed by atoms with van der Waals surface area (Å²) in [7, 11) is 1.54. The van der Waals surface area contributed by atoms with Crippen LogP contribution in [0.4, 0.5) is 16.2 Å². The lowest BCUT2D eigenvalue weighted by Gasteiger charge is -2.22. The number of hydrogen-bond donors (Lipinski definition) is 1. The maximum absolute atomic E-state index is 13.3. The molecule has 0 saturated carbocycles. The summed E-state index contributed by atoms with van der Waals surface area (Å²) >= 11 is 0. The summed E-state index contributed by atoms with van der Waals surface area (Å²) in [6.45, 7) is 6.42. The van der Waals surface area contributed by atoms with Crippen molar-refractivity contribution in [2.45, 2.75) is 39.7 Å². The number of imide groups is 1. The first-order valence-corrected chi connectivity index (χ1v) is 11.6. The molecule has 186 valence electrons. The highest BCUT2D eigenvalue weighted by atomic mass is 16.5. The number of ether oxygens (including phenoxy) is 2. The number of benzene rings is 2. The summed E-state index contributed by atoms with van der Waals surface area (Å²) in [5, 5.41) is 2.74. The van der Waals surface area contributed by atoms with Crippen molar-refractivity contribution in [3.8, 4) is 5.75 Å². The average molecular weight is 482 g/mol. The topological polar surface area (TPSA) is 105 Å². The van der Waals surface area contributed by atoms with Gasteiger partial charge in [-0.1, -0.05) is 13.8 Å². The molecule has 2 aromatic carbocycles. The van der Waals surface area contributed by atoms with Crippen LogP contribution in [0.25, 0.3) is 0 Å². The molecule has 9 nitrogen and oxygen atoms in total. The number of amides is 4. The molecule has 1 heterocycles. The second-order valence-electron chi connectivity index (χ2n) is 8.60. The molecule has 0 spiro atoms. The molecular formula is C26H31N3O6. The SMILES string of the molecule is CCOC(=O)c1ccc(NC(=O)C[C@H]2C(=O)N(c3ccc(OC)cc3)C(=O)N2CCC(C)C)cc1.